The topological polar surface area (TPSA) is 85.3 Å². The summed E-state index contributed by atoms with van der Waals surface area (Å²) in [6, 6.07) is 4.83. The summed E-state index contributed by atoms with van der Waals surface area (Å²) in [7, 11) is 2.93. The number of anilines is 1. The zero-order chi connectivity index (χ0) is 18.1. The molecule has 7 heteroatoms. The molecule has 0 aliphatic carbocycles. The van der Waals surface area contributed by atoms with E-state index in [2.05, 4.69) is 0 Å². The maximum Gasteiger partial charge on any atom is 0.369 e. The van der Waals surface area contributed by atoms with E-state index in [1.165, 1.54) is 20.4 Å². The van der Waals surface area contributed by atoms with Crippen LogP contribution in [0.2, 0.25) is 0 Å². The highest BCUT2D eigenvalue weighted by molar-refractivity contribution is 6.17. The van der Waals surface area contributed by atoms with E-state index in [1.54, 1.807) is 39.0 Å². The summed E-state index contributed by atoms with van der Waals surface area (Å²) >= 11 is 0. The number of benzene rings is 1. The minimum atomic E-state index is -2.49. The van der Waals surface area contributed by atoms with Crippen molar-refractivity contribution in [3.63, 3.8) is 0 Å². The maximum atomic E-state index is 12.5. The zero-order valence-electron chi connectivity index (χ0n) is 14.3. The van der Waals surface area contributed by atoms with Gasteiger partial charge >= 0.3 is 11.7 Å². The van der Waals surface area contributed by atoms with Crippen molar-refractivity contribution in [1.82, 2.24) is 0 Å². The van der Waals surface area contributed by atoms with Crippen LogP contribution in [-0.4, -0.2) is 42.4 Å². The van der Waals surface area contributed by atoms with E-state index >= 15 is 0 Å². The van der Waals surface area contributed by atoms with Gasteiger partial charge in [0.05, 0.1) is 19.9 Å². The van der Waals surface area contributed by atoms with Crippen LogP contribution in [-0.2, 0) is 14.3 Å². The molecule has 0 saturated heterocycles. The van der Waals surface area contributed by atoms with E-state index in [4.69, 9.17) is 14.2 Å². The number of hydrogen-bond donors (Lipinski definition) is 1. The molecule has 0 amide bonds. The van der Waals surface area contributed by atoms with Gasteiger partial charge in [-0.25, -0.2) is 4.79 Å². The number of carbonyl (C=O) groups excluding carboxylic acids is 2. The maximum absolute atomic E-state index is 12.5. The first kappa shape index (κ1) is 17.8. The number of hydrogen-bond acceptors (Lipinski definition) is 7. The molecule has 1 atom stereocenters. The van der Waals surface area contributed by atoms with E-state index in [0.717, 1.165) is 11.0 Å². The summed E-state index contributed by atoms with van der Waals surface area (Å²) in [6.45, 7) is 4.95. The van der Waals surface area contributed by atoms with Gasteiger partial charge in [-0.15, -0.1) is 0 Å². The van der Waals surface area contributed by atoms with Crippen LogP contribution in [0.5, 0.6) is 11.5 Å². The summed E-state index contributed by atoms with van der Waals surface area (Å²) < 4.78 is 15.6. The second-order valence-corrected chi connectivity index (χ2v) is 6.26. The largest absolute Gasteiger partial charge is 0.497 e. The van der Waals surface area contributed by atoms with Gasteiger partial charge in [0.15, 0.2) is 0 Å². The smallest absolute Gasteiger partial charge is 0.369 e. The molecule has 1 heterocycles. The van der Waals surface area contributed by atoms with Crippen LogP contribution in [0.3, 0.4) is 0 Å². The fourth-order valence-electron chi connectivity index (χ4n) is 2.27. The van der Waals surface area contributed by atoms with Crippen molar-refractivity contribution in [2.75, 3.05) is 19.1 Å². The Morgan fingerprint density at radius 3 is 2.42 bits per heavy atom. The lowest BCUT2D eigenvalue weighted by molar-refractivity contribution is -0.177. The van der Waals surface area contributed by atoms with Crippen molar-refractivity contribution in [1.29, 1.82) is 0 Å². The molecule has 130 valence electrons. The Kier molecular flexibility index (Phi) is 4.57. The predicted octanol–water partition coefficient (Wildman–Crippen LogP) is 1.64. The quantitative estimate of drug-likeness (QED) is 0.661. The SMILES string of the molecule is COc1ccc(OC)c(N2C=CC(=O)C2(O)C(=O)OC(C)(C)C)c1. The molecule has 0 saturated carbocycles. The molecule has 24 heavy (non-hydrogen) atoms. The number of aliphatic hydroxyl groups is 1. The Morgan fingerprint density at radius 2 is 1.88 bits per heavy atom. The lowest BCUT2D eigenvalue weighted by Gasteiger charge is -2.34. The second kappa shape index (κ2) is 6.16. The molecule has 1 unspecified atom stereocenters. The highest BCUT2D eigenvalue weighted by atomic mass is 16.6. The fraction of sp³-hybridized carbons (Fsp3) is 0.412. The van der Waals surface area contributed by atoms with Crippen molar-refractivity contribution in [3.05, 3.63) is 30.5 Å². The molecule has 2 rings (SSSR count). The minimum Gasteiger partial charge on any atom is -0.497 e. The normalized spacial score (nSPS) is 20.2. The molecular weight excluding hydrogens is 314 g/mol. The van der Waals surface area contributed by atoms with Gasteiger partial charge in [0.1, 0.15) is 17.1 Å². The van der Waals surface area contributed by atoms with Crippen LogP contribution >= 0.6 is 0 Å². The first-order valence-electron chi connectivity index (χ1n) is 7.33. The molecule has 0 bridgehead atoms. The third-order valence-electron chi connectivity index (χ3n) is 3.40. The van der Waals surface area contributed by atoms with Gasteiger partial charge in [-0.1, -0.05) is 0 Å². The molecule has 1 N–H and O–H groups in total. The van der Waals surface area contributed by atoms with Gasteiger partial charge in [-0.3, -0.25) is 9.69 Å². The number of methoxy groups -OCH3 is 2. The van der Waals surface area contributed by atoms with E-state index in [-0.39, 0.29) is 0 Å². The van der Waals surface area contributed by atoms with Crippen LogP contribution in [0, 0.1) is 0 Å². The van der Waals surface area contributed by atoms with Gasteiger partial charge in [-0.2, -0.15) is 0 Å². The van der Waals surface area contributed by atoms with Crippen LogP contribution in [0.1, 0.15) is 20.8 Å². The molecule has 1 aromatic carbocycles. The summed E-state index contributed by atoms with van der Waals surface area (Å²) in [4.78, 5) is 25.8. The second-order valence-electron chi connectivity index (χ2n) is 6.26. The molecule has 0 fully saturated rings. The lowest BCUT2D eigenvalue weighted by Crippen LogP contribution is -2.57. The average molecular weight is 335 g/mol. The van der Waals surface area contributed by atoms with Gasteiger partial charge in [0, 0.05) is 18.3 Å². The molecule has 0 aromatic heterocycles. The number of ketones is 1. The van der Waals surface area contributed by atoms with Gasteiger partial charge in [0.2, 0.25) is 5.78 Å². The molecule has 1 aliphatic rings. The lowest BCUT2D eigenvalue weighted by atomic mass is 10.1. The third-order valence-corrected chi connectivity index (χ3v) is 3.40. The molecule has 1 aliphatic heterocycles. The summed E-state index contributed by atoms with van der Waals surface area (Å²) in [5, 5.41) is 10.8. The van der Waals surface area contributed by atoms with E-state index in [9.17, 15) is 14.7 Å². The van der Waals surface area contributed by atoms with E-state index < -0.39 is 23.1 Å². The number of carbonyl (C=O) groups is 2. The summed E-state index contributed by atoms with van der Waals surface area (Å²) in [5.74, 6) is -1.02. The number of rotatable bonds is 4. The first-order chi connectivity index (χ1) is 11.1. The van der Waals surface area contributed by atoms with Crippen LogP contribution in [0.25, 0.3) is 0 Å². The van der Waals surface area contributed by atoms with Crippen molar-refractivity contribution in [3.8, 4) is 11.5 Å². The van der Waals surface area contributed by atoms with Crippen molar-refractivity contribution >= 4 is 17.4 Å². The van der Waals surface area contributed by atoms with E-state index in [0.29, 0.717) is 17.2 Å². The Morgan fingerprint density at radius 1 is 1.21 bits per heavy atom. The summed E-state index contributed by atoms with van der Waals surface area (Å²) in [6.07, 6.45) is 2.42. The monoisotopic (exact) mass is 335 g/mol. The van der Waals surface area contributed by atoms with Gasteiger partial charge in [0.25, 0.3) is 0 Å². The van der Waals surface area contributed by atoms with Gasteiger partial charge in [-0.05, 0) is 32.9 Å². The third kappa shape index (κ3) is 3.07. The molecule has 7 nitrogen and oxygen atoms in total. The standard InChI is InChI=1S/C17H21NO6/c1-16(2,3)24-15(20)17(21)14(19)8-9-18(17)12-10-11(22-4)6-7-13(12)23-5/h6-10,21H,1-5H3. The summed E-state index contributed by atoms with van der Waals surface area (Å²) in [5.41, 5.74) is -3.06. The highest BCUT2D eigenvalue weighted by Gasteiger charge is 2.54. The predicted molar refractivity (Wildman–Crippen MR) is 87.0 cm³/mol. The van der Waals surface area contributed by atoms with Crippen LogP contribution < -0.4 is 14.4 Å². The number of esters is 1. The fourth-order valence-corrected chi connectivity index (χ4v) is 2.27. The van der Waals surface area contributed by atoms with Crippen LogP contribution in [0.4, 0.5) is 5.69 Å². The molecular formula is C17H21NO6. The van der Waals surface area contributed by atoms with Crippen molar-refractivity contribution in [2.45, 2.75) is 32.1 Å². The average Bonchev–Trinajstić information content (AvgIpc) is 2.82. The van der Waals surface area contributed by atoms with E-state index in [1.807, 2.05) is 0 Å². The van der Waals surface area contributed by atoms with Gasteiger partial charge < -0.3 is 19.3 Å². The minimum absolute atomic E-state index is 0.298. The Labute approximate surface area is 140 Å². The number of ether oxygens (including phenoxy) is 3. The van der Waals surface area contributed by atoms with Crippen molar-refractivity contribution in [2.24, 2.45) is 0 Å². The first-order valence-corrected chi connectivity index (χ1v) is 7.33. The van der Waals surface area contributed by atoms with Crippen molar-refractivity contribution < 1.29 is 28.9 Å². The molecule has 1 aromatic rings. The molecule has 0 radical (unpaired) electrons. The zero-order valence-corrected chi connectivity index (χ0v) is 14.3. The highest BCUT2D eigenvalue weighted by Crippen LogP contribution is 2.39. The Balaban J connectivity index is 2.51. The Hall–Kier alpha value is -2.54. The van der Waals surface area contributed by atoms with Crippen LogP contribution in [0.15, 0.2) is 30.5 Å². The Bertz CT molecular complexity index is 691. The number of nitrogens with zero attached hydrogens (tertiary/aromatic N) is 1. The molecule has 0 spiro atoms.